The molecular formula is C14H17N5O. The van der Waals surface area contributed by atoms with Gasteiger partial charge in [0.2, 0.25) is 0 Å². The van der Waals surface area contributed by atoms with Crippen LogP contribution >= 0.6 is 0 Å². The highest BCUT2D eigenvalue weighted by molar-refractivity contribution is 5.92. The van der Waals surface area contributed by atoms with Gasteiger partial charge < -0.3 is 10.6 Å². The van der Waals surface area contributed by atoms with Crippen LogP contribution in [0.1, 0.15) is 22.5 Å². The van der Waals surface area contributed by atoms with E-state index in [1.165, 1.54) is 0 Å². The first kappa shape index (κ1) is 12.8. The van der Waals surface area contributed by atoms with E-state index in [1.54, 1.807) is 15.8 Å². The van der Waals surface area contributed by atoms with E-state index in [9.17, 15) is 4.79 Å². The van der Waals surface area contributed by atoms with Crippen molar-refractivity contribution in [3.05, 3.63) is 41.7 Å². The van der Waals surface area contributed by atoms with Gasteiger partial charge >= 0.3 is 0 Å². The Bertz CT molecular complexity index is 636. The number of rotatable bonds is 2. The van der Waals surface area contributed by atoms with Crippen molar-refractivity contribution in [3.8, 4) is 5.69 Å². The highest BCUT2D eigenvalue weighted by atomic mass is 16.2. The number of amides is 1. The molecule has 0 saturated carbocycles. The zero-order chi connectivity index (χ0) is 14.1. The monoisotopic (exact) mass is 271 g/mol. The summed E-state index contributed by atoms with van der Waals surface area (Å²) in [4.78, 5) is 14.0. The standard InChI is InChI=1S/C14H17N5O/c1-10-3-2-4-12(7-10)19-9-13(16-17-19)14(20)18-6-5-11(15)8-18/h2-4,7,9,11H,5-6,8,15H2,1H3/t11-/m0/s1. The number of nitrogens with two attached hydrogens (primary N) is 1. The van der Waals surface area contributed by atoms with E-state index in [-0.39, 0.29) is 11.9 Å². The second-order valence-electron chi connectivity index (χ2n) is 5.19. The average molecular weight is 271 g/mol. The maximum atomic E-state index is 12.3. The van der Waals surface area contributed by atoms with Gasteiger partial charge in [0, 0.05) is 19.1 Å². The minimum Gasteiger partial charge on any atom is -0.336 e. The average Bonchev–Trinajstić information content (AvgIpc) is 3.07. The number of carbonyl (C=O) groups is 1. The second-order valence-corrected chi connectivity index (χ2v) is 5.19. The van der Waals surface area contributed by atoms with Crippen molar-refractivity contribution >= 4 is 5.91 Å². The summed E-state index contributed by atoms with van der Waals surface area (Å²) in [5.41, 5.74) is 8.21. The molecule has 6 nitrogen and oxygen atoms in total. The maximum Gasteiger partial charge on any atom is 0.276 e. The molecule has 2 N–H and O–H groups in total. The van der Waals surface area contributed by atoms with Crippen molar-refractivity contribution in [1.82, 2.24) is 19.9 Å². The molecule has 1 aromatic carbocycles. The first-order chi connectivity index (χ1) is 9.63. The van der Waals surface area contributed by atoms with Crippen LogP contribution in [-0.2, 0) is 0 Å². The molecule has 1 aliphatic heterocycles. The Hall–Kier alpha value is -2.21. The number of hydrogen-bond acceptors (Lipinski definition) is 4. The molecule has 1 fully saturated rings. The molecule has 0 aliphatic carbocycles. The molecule has 0 spiro atoms. The van der Waals surface area contributed by atoms with Crippen LogP contribution in [0, 0.1) is 6.92 Å². The fraction of sp³-hybridized carbons (Fsp3) is 0.357. The number of aromatic nitrogens is 3. The molecule has 2 heterocycles. The molecule has 0 unspecified atom stereocenters. The van der Waals surface area contributed by atoms with Gasteiger partial charge in [0.25, 0.3) is 5.91 Å². The van der Waals surface area contributed by atoms with Crippen molar-refractivity contribution < 1.29 is 4.79 Å². The SMILES string of the molecule is Cc1cccc(-n2cc(C(=O)N3CC[C@H](N)C3)nn2)c1. The van der Waals surface area contributed by atoms with E-state index < -0.39 is 0 Å². The van der Waals surface area contributed by atoms with E-state index >= 15 is 0 Å². The summed E-state index contributed by atoms with van der Waals surface area (Å²) in [5, 5.41) is 8.00. The third-order valence-electron chi connectivity index (χ3n) is 3.49. The van der Waals surface area contributed by atoms with Crippen LogP contribution in [0.4, 0.5) is 0 Å². The molecule has 2 aromatic rings. The van der Waals surface area contributed by atoms with Gasteiger partial charge in [-0.1, -0.05) is 17.3 Å². The first-order valence-electron chi connectivity index (χ1n) is 6.68. The van der Waals surface area contributed by atoms with E-state index in [0.29, 0.717) is 18.8 Å². The quantitative estimate of drug-likeness (QED) is 0.874. The van der Waals surface area contributed by atoms with Gasteiger partial charge in [-0.25, -0.2) is 4.68 Å². The zero-order valence-electron chi connectivity index (χ0n) is 11.4. The van der Waals surface area contributed by atoms with Crippen molar-refractivity contribution in [3.63, 3.8) is 0 Å². The maximum absolute atomic E-state index is 12.3. The van der Waals surface area contributed by atoms with Gasteiger partial charge in [-0.3, -0.25) is 4.79 Å². The summed E-state index contributed by atoms with van der Waals surface area (Å²) in [5.74, 6) is -0.100. The van der Waals surface area contributed by atoms with E-state index in [2.05, 4.69) is 10.3 Å². The summed E-state index contributed by atoms with van der Waals surface area (Å²) in [6.45, 7) is 3.30. The molecule has 6 heteroatoms. The van der Waals surface area contributed by atoms with Crippen molar-refractivity contribution in [1.29, 1.82) is 0 Å². The highest BCUT2D eigenvalue weighted by Crippen LogP contribution is 2.13. The Morgan fingerprint density at radius 2 is 2.30 bits per heavy atom. The molecule has 1 atom stereocenters. The summed E-state index contributed by atoms with van der Waals surface area (Å²) in [7, 11) is 0. The highest BCUT2D eigenvalue weighted by Gasteiger charge is 2.26. The molecule has 0 radical (unpaired) electrons. The molecule has 1 amide bonds. The second kappa shape index (κ2) is 5.05. The number of likely N-dealkylation sites (tertiary alicyclic amines) is 1. The molecule has 1 aliphatic rings. The number of benzene rings is 1. The Morgan fingerprint density at radius 1 is 1.45 bits per heavy atom. The summed E-state index contributed by atoms with van der Waals surface area (Å²) < 4.78 is 1.62. The predicted octanol–water partition coefficient (Wildman–Crippen LogP) is 0.749. The molecule has 3 rings (SSSR count). The normalized spacial score (nSPS) is 18.5. The van der Waals surface area contributed by atoms with Crippen LogP contribution in [-0.4, -0.2) is 44.9 Å². The molecule has 1 saturated heterocycles. The topological polar surface area (TPSA) is 77.0 Å². The number of nitrogens with zero attached hydrogens (tertiary/aromatic N) is 4. The van der Waals surface area contributed by atoms with Crippen LogP contribution < -0.4 is 5.73 Å². The van der Waals surface area contributed by atoms with Gasteiger partial charge in [0.1, 0.15) is 0 Å². The molecule has 20 heavy (non-hydrogen) atoms. The number of hydrogen-bond donors (Lipinski definition) is 1. The van der Waals surface area contributed by atoms with Crippen LogP contribution in [0.25, 0.3) is 5.69 Å². The minimum atomic E-state index is -0.100. The van der Waals surface area contributed by atoms with Crippen molar-refractivity contribution in [2.24, 2.45) is 5.73 Å². The smallest absolute Gasteiger partial charge is 0.276 e. The lowest BCUT2D eigenvalue weighted by Crippen LogP contribution is -2.32. The van der Waals surface area contributed by atoms with E-state index in [4.69, 9.17) is 5.73 Å². The predicted molar refractivity (Wildman–Crippen MR) is 74.6 cm³/mol. The van der Waals surface area contributed by atoms with E-state index in [1.807, 2.05) is 31.2 Å². The van der Waals surface area contributed by atoms with Crippen molar-refractivity contribution in [2.45, 2.75) is 19.4 Å². The Labute approximate surface area is 117 Å². The molecule has 104 valence electrons. The number of carbonyl (C=O) groups excluding carboxylic acids is 1. The van der Waals surface area contributed by atoms with Gasteiger partial charge in [-0.2, -0.15) is 0 Å². The fourth-order valence-electron chi connectivity index (χ4n) is 2.39. The Morgan fingerprint density at radius 3 is 3.00 bits per heavy atom. The molecule has 0 bridgehead atoms. The van der Waals surface area contributed by atoms with Crippen LogP contribution in [0.5, 0.6) is 0 Å². The lowest BCUT2D eigenvalue weighted by atomic mass is 10.2. The van der Waals surface area contributed by atoms with Gasteiger partial charge in [-0.15, -0.1) is 5.10 Å². The van der Waals surface area contributed by atoms with Crippen LogP contribution in [0.3, 0.4) is 0 Å². The van der Waals surface area contributed by atoms with Crippen LogP contribution in [0.15, 0.2) is 30.5 Å². The molecule has 1 aromatic heterocycles. The summed E-state index contributed by atoms with van der Waals surface area (Å²) in [6.07, 6.45) is 2.51. The summed E-state index contributed by atoms with van der Waals surface area (Å²) in [6, 6.07) is 7.97. The third kappa shape index (κ3) is 2.42. The summed E-state index contributed by atoms with van der Waals surface area (Å²) >= 11 is 0. The first-order valence-corrected chi connectivity index (χ1v) is 6.68. The Balaban J connectivity index is 1.81. The van der Waals surface area contributed by atoms with E-state index in [0.717, 1.165) is 17.7 Å². The van der Waals surface area contributed by atoms with Gasteiger partial charge in [0.05, 0.1) is 11.9 Å². The minimum absolute atomic E-state index is 0.0748. The van der Waals surface area contributed by atoms with Crippen LogP contribution in [0.2, 0.25) is 0 Å². The lowest BCUT2D eigenvalue weighted by Gasteiger charge is -2.13. The Kier molecular flexibility index (Phi) is 3.23. The third-order valence-corrected chi connectivity index (χ3v) is 3.49. The van der Waals surface area contributed by atoms with Crippen molar-refractivity contribution in [2.75, 3.05) is 13.1 Å². The number of aryl methyl sites for hydroxylation is 1. The fourth-order valence-corrected chi connectivity index (χ4v) is 2.39. The largest absolute Gasteiger partial charge is 0.336 e. The zero-order valence-corrected chi connectivity index (χ0v) is 11.4. The lowest BCUT2D eigenvalue weighted by molar-refractivity contribution is 0.0785. The van der Waals surface area contributed by atoms with Gasteiger partial charge in [-0.05, 0) is 31.0 Å². The molecular weight excluding hydrogens is 254 g/mol. The van der Waals surface area contributed by atoms with Gasteiger partial charge in [0.15, 0.2) is 5.69 Å².